The number of hydrogen-bond acceptors (Lipinski definition) is 2. The van der Waals surface area contributed by atoms with E-state index in [-0.39, 0.29) is 6.71 Å². The normalized spacial score (nSPS) is 15.0. The van der Waals surface area contributed by atoms with Crippen molar-refractivity contribution in [1.29, 1.82) is 0 Å². The van der Waals surface area contributed by atoms with Gasteiger partial charge in [0.2, 0.25) is 0 Å². The van der Waals surface area contributed by atoms with E-state index in [0.717, 1.165) is 39.5 Å². The van der Waals surface area contributed by atoms with Crippen LogP contribution in [0, 0.1) is 0 Å². The zero-order valence-electron chi connectivity index (χ0n) is 59.2. The smallest absolute Gasteiger partial charge is 0.252 e. The molecule has 0 saturated carbocycles. The maximum absolute atomic E-state index is 2.75. The van der Waals surface area contributed by atoms with Crippen LogP contribution in [0.3, 0.4) is 0 Å². The quantitative estimate of drug-likeness (QED) is 0.163. The summed E-state index contributed by atoms with van der Waals surface area (Å²) in [6.45, 7) is -0.279. The van der Waals surface area contributed by atoms with Crippen LogP contribution >= 0.6 is 0 Å². The summed E-state index contributed by atoms with van der Waals surface area (Å²) >= 11 is 0. The lowest BCUT2D eigenvalue weighted by molar-refractivity contribution is 0.793. The third-order valence-electron chi connectivity index (χ3n) is 26.6. The topological polar surface area (TPSA) is 11.4 Å². The zero-order valence-corrected chi connectivity index (χ0v) is 59.2. The third kappa shape index (κ3) is 6.96. The average molecular weight is 1380 g/mol. The molecule has 0 fully saturated rings. The summed E-state index contributed by atoms with van der Waals surface area (Å²) in [4.78, 5) is 5.49. The van der Waals surface area contributed by atoms with Gasteiger partial charge in [0.1, 0.15) is 0 Å². The van der Waals surface area contributed by atoms with Gasteiger partial charge >= 0.3 is 0 Å². The van der Waals surface area contributed by atoms with E-state index in [1.54, 1.807) is 0 Å². The van der Waals surface area contributed by atoms with E-state index >= 15 is 0 Å². The van der Waals surface area contributed by atoms with Gasteiger partial charge in [-0.15, -0.1) is 0 Å². The number of para-hydroxylation sites is 2. The van der Waals surface area contributed by atoms with Gasteiger partial charge in [-0.1, -0.05) is 322 Å². The summed E-state index contributed by atoms with van der Waals surface area (Å²) in [6, 6.07) is 146. The number of hydrogen-bond donors (Lipinski definition) is 0. The van der Waals surface area contributed by atoms with Gasteiger partial charge in [0, 0.05) is 50.5 Å². The summed E-state index contributed by atoms with van der Waals surface area (Å²) in [6.07, 6.45) is 0. The fourth-order valence-electron chi connectivity index (χ4n) is 22.8. The number of anilines is 6. The summed E-state index contributed by atoms with van der Waals surface area (Å²) < 4.78 is 2.57. The van der Waals surface area contributed by atoms with Gasteiger partial charge in [0.25, 0.3) is 6.71 Å². The molecule has 4 heteroatoms. The summed E-state index contributed by atoms with van der Waals surface area (Å²) in [5.74, 6) is 0. The minimum absolute atomic E-state index is 0.279. The molecule has 26 rings (SSSR count). The summed E-state index contributed by atoms with van der Waals surface area (Å²) in [7, 11) is 0. The van der Waals surface area contributed by atoms with Crippen LogP contribution in [0.2, 0.25) is 0 Å². The van der Waals surface area contributed by atoms with E-state index in [9.17, 15) is 0 Å². The molecule has 0 amide bonds. The van der Waals surface area contributed by atoms with Gasteiger partial charge in [-0.05, 0) is 210 Å². The number of aromatic nitrogens is 1. The Morgan fingerprint density at radius 3 is 1.06 bits per heavy atom. The fraction of sp³-hybridized carbons (Fsp3) is 0.0286. The molecule has 0 unspecified atom stereocenters. The molecule has 18 aromatic rings. The highest BCUT2D eigenvalue weighted by molar-refractivity contribution is 7.00. The lowest BCUT2D eigenvalue weighted by Gasteiger charge is -2.47. The summed E-state index contributed by atoms with van der Waals surface area (Å²) in [5.41, 5.74) is 45.8. The molecule has 109 heavy (non-hydrogen) atoms. The van der Waals surface area contributed by atoms with E-state index in [1.807, 2.05) is 0 Å². The fourth-order valence-corrected chi connectivity index (χ4v) is 22.8. The first kappa shape index (κ1) is 58.5. The highest BCUT2D eigenvalue weighted by Gasteiger charge is 2.59. The predicted molar refractivity (Wildman–Crippen MR) is 449 cm³/mol. The van der Waals surface area contributed by atoms with Gasteiger partial charge in [-0.3, -0.25) is 0 Å². The number of fused-ring (bicyclic) bond motifs is 38. The number of benzene rings is 17. The van der Waals surface area contributed by atoms with E-state index < -0.39 is 16.2 Å². The van der Waals surface area contributed by atoms with Gasteiger partial charge in [0.05, 0.1) is 33.0 Å². The molecule has 17 aromatic carbocycles. The van der Waals surface area contributed by atoms with Crippen LogP contribution in [0.4, 0.5) is 34.1 Å². The monoisotopic (exact) mass is 1380 g/mol. The SMILES string of the molecule is c1ccc(-c2ccc(N3c4cc(-n5c6ccccc6c6ccccc65)cc5c4B(c4cc6c(cc4N5c4ccc5c(c4)-c4ccccc4C54c5ccccc5-c5ccccc54)C4(c5ccccc5-c5ccccc54)c4ccccc4-6)c4ccc5c(c43)C3(c4ccccc4-c4ccccc43)c3ccccc3-5)cc2)cc1. The molecule has 0 atom stereocenters. The van der Waals surface area contributed by atoms with Crippen molar-refractivity contribution in [1.82, 2.24) is 4.57 Å². The van der Waals surface area contributed by atoms with Gasteiger partial charge in [-0.2, -0.15) is 0 Å². The van der Waals surface area contributed by atoms with Crippen LogP contribution in [0.1, 0.15) is 66.8 Å². The highest BCUT2D eigenvalue weighted by Crippen LogP contribution is 2.69. The number of rotatable bonds is 4. The van der Waals surface area contributed by atoms with E-state index in [4.69, 9.17) is 0 Å². The van der Waals surface area contributed by atoms with Crippen molar-refractivity contribution in [3.8, 4) is 83.6 Å². The molecule has 1 aromatic heterocycles. The molecule has 0 radical (unpaired) electrons. The van der Waals surface area contributed by atoms with E-state index in [1.165, 1.54) is 183 Å². The second kappa shape index (κ2) is 20.8. The van der Waals surface area contributed by atoms with E-state index in [2.05, 4.69) is 390 Å². The molecule has 500 valence electrons. The zero-order chi connectivity index (χ0) is 70.7. The standard InChI is InChI=1S/C105H62BN3/c1-2-26-63(27-3-1)64-50-52-65(53-51-64)109-99-60-67(108-95-48-24-13-37-77(95)78-38-14-25-49-96(78)108)59-98-101(99)106(93-57-55-79-74-34-10-23-47-90(74)105(100(79)102(93)109)88-45-21-8-32-72(88)73-33-9-22-46-89(73)105)94-61-81-76-36-12-20-44-87(76)104(84-41-17-6-30-70(84)71-31-7-18-42-85(71)104)92(81)62-97(94)107(98)66-54-56-91-80(58-66)75-35-11-19-43-86(75)103(91)82-39-15-4-28-68(82)69-29-5-16-40-83(69)103/h1-62H. The molecule has 0 saturated heterocycles. The van der Waals surface area contributed by atoms with Crippen molar-refractivity contribution in [3.05, 3.63) is 443 Å². The lowest BCUT2D eigenvalue weighted by atomic mass is 9.33. The Hall–Kier alpha value is -13.8. The molecular weight excluding hydrogens is 1310 g/mol. The molecule has 3 heterocycles. The lowest BCUT2D eigenvalue weighted by Crippen LogP contribution is -2.62. The minimum atomic E-state index is -0.702. The maximum atomic E-state index is 2.75. The van der Waals surface area contributed by atoms with Gasteiger partial charge in [-0.25, -0.2) is 0 Å². The molecule has 8 aliphatic rings. The molecule has 0 N–H and O–H groups in total. The second-order valence-electron chi connectivity index (χ2n) is 31.1. The largest absolute Gasteiger partial charge is 0.311 e. The van der Waals surface area contributed by atoms with Crippen molar-refractivity contribution in [3.63, 3.8) is 0 Å². The van der Waals surface area contributed by atoms with Crippen LogP contribution < -0.4 is 26.2 Å². The minimum Gasteiger partial charge on any atom is -0.311 e. The predicted octanol–water partition coefficient (Wildman–Crippen LogP) is 23.6. The van der Waals surface area contributed by atoms with Crippen LogP contribution in [0.25, 0.3) is 105 Å². The Labute approximate surface area is 631 Å². The molecular formula is C105H62BN3. The van der Waals surface area contributed by atoms with Crippen molar-refractivity contribution >= 4 is 79.0 Å². The first-order valence-electron chi connectivity index (χ1n) is 38.4. The second-order valence-corrected chi connectivity index (χ2v) is 31.1. The third-order valence-corrected chi connectivity index (χ3v) is 26.6. The average Bonchev–Trinajstić information content (AvgIpc) is 1.56. The van der Waals surface area contributed by atoms with Gasteiger partial charge in [0.15, 0.2) is 0 Å². The molecule has 2 aliphatic heterocycles. The van der Waals surface area contributed by atoms with Crippen LogP contribution in [-0.4, -0.2) is 11.3 Å². The summed E-state index contributed by atoms with van der Waals surface area (Å²) in [5, 5.41) is 2.44. The first-order valence-corrected chi connectivity index (χ1v) is 38.4. The van der Waals surface area contributed by atoms with Crippen LogP contribution in [0.15, 0.2) is 376 Å². The van der Waals surface area contributed by atoms with Crippen molar-refractivity contribution in [2.45, 2.75) is 16.2 Å². The van der Waals surface area contributed by atoms with Gasteiger partial charge < -0.3 is 14.4 Å². The molecule has 6 aliphatic carbocycles. The van der Waals surface area contributed by atoms with Crippen molar-refractivity contribution in [2.75, 3.05) is 9.80 Å². The Morgan fingerprint density at radius 1 is 0.211 bits per heavy atom. The first-order chi connectivity index (χ1) is 54.1. The molecule has 0 bridgehead atoms. The highest BCUT2D eigenvalue weighted by atomic mass is 15.2. The van der Waals surface area contributed by atoms with Crippen molar-refractivity contribution in [2.24, 2.45) is 0 Å². The Bertz CT molecular complexity index is 6950. The Balaban J connectivity index is 0.841. The van der Waals surface area contributed by atoms with E-state index in [0.29, 0.717) is 0 Å². The maximum Gasteiger partial charge on any atom is 0.252 e. The van der Waals surface area contributed by atoms with Crippen molar-refractivity contribution < 1.29 is 0 Å². The van der Waals surface area contributed by atoms with Crippen LogP contribution in [-0.2, 0) is 16.2 Å². The van der Waals surface area contributed by atoms with Crippen LogP contribution in [0.5, 0.6) is 0 Å². The Morgan fingerprint density at radius 2 is 0.578 bits per heavy atom. The molecule has 3 nitrogen and oxygen atoms in total. The molecule has 3 spiro atoms. The Kier molecular flexibility index (Phi) is 11.2. The number of nitrogens with zero attached hydrogens (tertiary/aromatic N) is 3.